The first-order chi connectivity index (χ1) is 10.3. The summed E-state index contributed by atoms with van der Waals surface area (Å²) in [6.07, 6.45) is 1.14. The predicted molar refractivity (Wildman–Crippen MR) is 88.2 cm³/mol. The quantitative estimate of drug-likeness (QED) is 0.920. The standard InChI is InChI=1S/C18H22N2O/c1-3-15-12-19-17-6-4-5-7-18(17)20(15)13-14-8-10-16(21-2)11-9-14/h4-11,15,19H,3,12-13H2,1-2H3. The molecule has 3 heteroatoms. The zero-order valence-corrected chi connectivity index (χ0v) is 12.7. The van der Waals surface area contributed by atoms with E-state index in [9.17, 15) is 0 Å². The second kappa shape index (κ2) is 6.08. The second-order valence-corrected chi connectivity index (χ2v) is 5.44. The van der Waals surface area contributed by atoms with Gasteiger partial charge in [0, 0.05) is 19.1 Å². The highest BCUT2D eigenvalue weighted by Gasteiger charge is 2.24. The molecule has 0 bridgehead atoms. The van der Waals surface area contributed by atoms with E-state index in [0.717, 1.165) is 25.3 Å². The van der Waals surface area contributed by atoms with Crippen molar-refractivity contribution in [1.29, 1.82) is 0 Å². The highest BCUT2D eigenvalue weighted by Crippen LogP contribution is 2.33. The second-order valence-electron chi connectivity index (χ2n) is 5.44. The number of nitrogens with one attached hydrogen (secondary N) is 1. The molecule has 1 unspecified atom stereocenters. The van der Waals surface area contributed by atoms with E-state index in [1.807, 2.05) is 12.1 Å². The molecule has 0 aromatic heterocycles. The summed E-state index contributed by atoms with van der Waals surface area (Å²) in [5.41, 5.74) is 3.84. The third kappa shape index (κ3) is 2.82. The van der Waals surface area contributed by atoms with Crippen LogP contribution < -0.4 is 15.0 Å². The molecule has 1 atom stereocenters. The molecule has 1 aliphatic rings. The van der Waals surface area contributed by atoms with Crippen LogP contribution in [0.15, 0.2) is 48.5 Å². The van der Waals surface area contributed by atoms with Crippen LogP contribution in [0.3, 0.4) is 0 Å². The summed E-state index contributed by atoms with van der Waals surface area (Å²) in [7, 11) is 1.70. The van der Waals surface area contributed by atoms with Gasteiger partial charge in [-0.25, -0.2) is 0 Å². The lowest BCUT2D eigenvalue weighted by Gasteiger charge is -2.39. The van der Waals surface area contributed by atoms with E-state index in [2.05, 4.69) is 53.5 Å². The lowest BCUT2D eigenvalue weighted by molar-refractivity contribution is 0.414. The molecule has 0 spiro atoms. The van der Waals surface area contributed by atoms with Gasteiger partial charge in [0.05, 0.1) is 18.5 Å². The van der Waals surface area contributed by atoms with E-state index in [1.54, 1.807) is 7.11 Å². The van der Waals surface area contributed by atoms with Crippen LogP contribution in [-0.4, -0.2) is 19.7 Å². The number of methoxy groups -OCH3 is 1. The number of nitrogens with zero attached hydrogens (tertiary/aromatic N) is 1. The first-order valence-electron chi connectivity index (χ1n) is 7.54. The fourth-order valence-electron chi connectivity index (χ4n) is 2.91. The molecule has 0 amide bonds. The van der Waals surface area contributed by atoms with Gasteiger partial charge in [-0.1, -0.05) is 31.2 Å². The molecule has 0 saturated heterocycles. The summed E-state index contributed by atoms with van der Waals surface area (Å²) >= 11 is 0. The van der Waals surface area contributed by atoms with Gasteiger partial charge in [-0.15, -0.1) is 0 Å². The van der Waals surface area contributed by atoms with E-state index in [-0.39, 0.29) is 0 Å². The number of hydrogen-bond donors (Lipinski definition) is 1. The van der Waals surface area contributed by atoms with Crippen molar-refractivity contribution in [2.75, 3.05) is 23.9 Å². The van der Waals surface area contributed by atoms with Crippen LogP contribution in [0.1, 0.15) is 18.9 Å². The minimum absolute atomic E-state index is 0.530. The first kappa shape index (κ1) is 13.8. The van der Waals surface area contributed by atoms with E-state index in [4.69, 9.17) is 4.74 Å². The first-order valence-corrected chi connectivity index (χ1v) is 7.54. The van der Waals surface area contributed by atoms with Crippen molar-refractivity contribution in [2.24, 2.45) is 0 Å². The number of fused-ring (bicyclic) bond motifs is 1. The van der Waals surface area contributed by atoms with Gasteiger partial charge in [-0.05, 0) is 36.2 Å². The maximum Gasteiger partial charge on any atom is 0.118 e. The molecule has 21 heavy (non-hydrogen) atoms. The van der Waals surface area contributed by atoms with Gasteiger partial charge in [0.2, 0.25) is 0 Å². The average Bonchev–Trinajstić information content (AvgIpc) is 2.56. The molecule has 3 nitrogen and oxygen atoms in total. The largest absolute Gasteiger partial charge is 0.497 e. The average molecular weight is 282 g/mol. The molecule has 1 N–H and O–H groups in total. The highest BCUT2D eigenvalue weighted by atomic mass is 16.5. The Morgan fingerprint density at radius 2 is 1.90 bits per heavy atom. The molecule has 2 aromatic carbocycles. The fraction of sp³-hybridized carbons (Fsp3) is 0.333. The van der Waals surface area contributed by atoms with Crippen molar-refractivity contribution in [3.8, 4) is 5.75 Å². The summed E-state index contributed by atoms with van der Waals surface area (Å²) in [6.45, 7) is 4.19. The van der Waals surface area contributed by atoms with Crippen molar-refractivity contribution in [2.45, 2.75) is 25.9 Å². The molecule has 2 aromatic rings. The monoisotopic (exact) mass is 282 g/mol. The van der Waals surface area contributed by atoms with Crippen LogP contribution in [0.5, 0.6) is 5.75 Å². The Hall–Kier alpha value is -2.16. The van der Waals surface area contributed by atoms with Crippen molar-refractivity contribution in [3.05, 3.63) is 54.1 Å². The molecule has 0 aliphatic carbocycles. The van der Waals surface area contributed by atoms with E-state index in [0.29, 0.717) is 6.04 Å². The Balaban J connectivity index is 1.87. The normalized spacial score (nSPS) is 17.0. The van der Waals surface area contributed by atoms with Crippen LogP contribution in [-0.2, 0) is 6.54 Å². The van der Waals surface area contributed by atoms with E-state index in [1.165, 1.54) is 16.9 Å². The van der Waals surface area contributed by atoms with Crippen LogP contribution in [0.2, 0.25) is 0 Å². The Morgan fingerprint density at radius 3 is 2.62 bits per heavy atom. The van der Waals surface area contributed by atoms with Gasteiger partial charge in [-0.3, -0.25) is 0 Å². The number of para-hydroxylation sites is 2. The van der Waals surface area contributed by atoms with E-state index >= 15 is 0 Å². The molecule has 1 heterocycles. The third-order valence-corrected chi connectivity index (χ3v) is 4.17. The third-order valence-electron chi connectivity index (χ3n) is 4.17. The molecule has 3 rings (SSSR count). The summed E-state index contributed by atoms with van der Waals surface area (Å²) in [5, 5.41) is 3.54. The van der Waals surface area contributed by atoms with Gasteiger partial charge in [-0.2, -0.15) is 0 Å². The van der Waals surface area contributed by atoms with Gasteiger partial charge >= 0.3 is 0 Å². The van der Waals surface area contributed by atoms with Crippen molar-refractivity contribution in [1.82, 2.24) is 0 Å². The number of rotatable bonds is 4. The molecule has 0 saturated carbocycles. The van der Waals surface area contributed by atoms with Gasteiger partial charge in [0.1, 0.15) is 5.75 Å². The summed E-state index contributed by atoms with van der Waals surface area (Å²) in [6, 6.07) is 17.4. The summed E-state index contributed by atoms with van der Waals surface area (Å²) < 4.78 is 5.23. The van der Waals surface area contributed by atoms with E-state index < -0.39 is 0 Å². The molecule has 0 radical (unpaired) electrons. The van der Waals surface area contributed by atoms with Gasteiger partial charge < -0.3 is 15.0 Å². The van der Waals surface area contributed by atoms with Crippen molar-refractivity contribution < 1.29 is 4.74 Å². The van der Waals surface area contributed by atoms with Crippen molar-refractivity contribution >= 4 is 11.4 Å². The maximum atomic E-state index is 5.23. The minimum Gasteiger partial charge on any atom is -0.497 e. The lowest BCUT2D eigenvalue weighted by atomic mass is 10.0. The van der Waals surface area contributed by atoms with Crippen molar-refractivity contribution in [3.63, 3.8) is 0 Å². The van der Waals surface area contributed by atoms with Crippen LogP contribution in [0.4, 0.5) is 11.4 Å². The smallest absolute Gasteiger partial charge is 0.118 e. The number of hydrogen-bond acceptors (Lipinski definition) is 3. The van der Waals surface area contributed by atoms with Crippen LogP contribution in [0, 0.1) is 0 Å². The lowest BCUT2D eigenvalue weighted by Crippen LogP contribution is -2.43. The zero-order chi connectivity index (χ0) is 14.7. The number of benzene rings is 2. The Morgan fingerprint density at radius 1 is 1.14 bits per heavy atom. The fourth-order valence-corrected chi connectivity index (χ4v) is 2.91. The van der Waals surface area contributed by atoms with Gasteiger partial charge in [0.15, 0.2) is 0 Å². The van der Waals surface area contributed by atoms with Gasteiger partial charge in [0.25, 0.3) is 0 Å². The van der Waals surface area contributed by atoms with Crippen LogP contribution >= 0.6 is 0 Å². The Kier molecular flexibility index (Phi) is 4.00. The predicted octanol–water partition coefficient (Wildman–Crippen LogP) is 3.91. The highest BCUT2D eigenvalue weighted by molar-refractivity contribution is 5.72. The molecule has 110 valence electrons. The zero-order valence-electron chi connectivity index (χ0n) is 12.7. The SMILES string of the molecule is CCC1CNc2ccccc2N1Cc1ccc(OC)cc1. The molecule has 1 aliphatic heterocycles. The Bertz CT molecular complexity index is 594. The Labute approximate surface area is 126 Å². The molecular formula is C18H22N2O. The topological polar surface area (TPSA) is 24.5 Å². The maximum absolute atomic E-state index is 5.23. The summed E-state index contributed by atoms with van der Waals surface area (Å²) in [4.78, 5) is 2.51. The van der Waals surface area contributed by atoms with Crippen LogP contribution in [0.25, 0.3) is 0 Å². The number of anilines is 2. The summed E-state index contributed by atoms with van der Waals surface area (Å²) in [5.74, 6) is 0.909. The minimum atomic E-state index is 0.530. The number of ether oxygens (including phenoxy) is 1. The molecular weight excluding hydrogens is 260 g/mol. The molecule has 0 fully saturated rings.